The van der Waals surface area contributed by atoms with Crippen molar-refractivity contribution in [3.8, 4) is 0 Å². The average molecular weight is 248 g/mol. The number of aliphatic hydroxyl groups is 3. The van der Waals surface area contributed by atoms with E-state index in [4.69, 9.17) is 10.2 Å². The lowest BCUT2D eigenvalue weighted by atomic mass is 10.2. The third kappa shape index (κ3) is 3.08. The van der Waals surface area contributed by atoms with Crippen LogP contribution in [0.15, 0.2) is 11.5 Å². The van der Waals surface area contributed by atoms with Gasteiger partial charge in [0.2, 0.25) is 5.76 Å². The third-order valence-electron chi connectivity index (χ3n) is 2.05. The van der Waals surface area contributed by atoms with Gasteiger partial charge in [0.1, 0.15) is 0 Å². The second-order valence-corrected chi connectivity index (χ2v) is 3.16. The van der Waals surface area contributed by atoms with Gasteiger partial charge >= 0.3 is 11.9 Å². The molecular formula is C9H12O8. The summed E-state index contributed by atoms with van der Waals surface area (Å²) >= 11 is 0. The van der Waals surface area contributed by atoms with E-state index in [1.807, 2.05) is 0 Å². The molecule has 0 fully saturated rings. The average Bonchev–Trinajstić information content (AvgIpc) is 2.56. The number of methoxy groups -OCH3 is 1. The molecule has 1 aliphatic rings. The second kappa shape index (κ2) is 5.51. The molecule has 8 nitrogen and oxygen atoms in total. The lowest BCUT2D eigenvalue weighted by Crippen LogP contribution is -2.26. The molecule has 8 heteroatoms. The van der Waals surface area contributed by atoms with Crippen LogP contribution in [0.4, 0.5) is 0 Å². The van der Waals surface area contributed by atoms with E-state index < -0.39 is 35.9 Å². The Balaban J connectivity index is 2.34. The van der Waals surface area contributed by atoms with Crippen LogP contribution in [-0.2, 0) is 23.8 Å². The first-order chi connectivity index (χ1) is 7.97. The van der Waals surface area contributed by atoms with Crippen molar-refractivity contribution in [2.75, 3.05) is 13.7 Å². The van der Waals surface area contributed by atoms with Gasteiger partial charge < -0.3 is 29.5 Å². The van der Waals surface area contributed by atoms with E-state index >= 15 is 0 Å². The molecule has 3 N–H and O–H groups in total. The number of carbonyl (C=O) groups excluding carboxylic acids is 2. The summed E-state index contributed by atoms with van der Waals surface area (Å²) < 4.78 is 13.4. The van der Waals surface area contributed by atoms with Crippen LogP contribution in [0.1, 0.15) is 6.42 Å². The molecule has 0 bridgehead atoms. The molecule has 0 saturated carbocycles. The van der Waals surface area contributed by atoms with Crippen molar-refractivity contribution < 1.29 is 39.1 Å². The Morgan fingerprint density at radius 3 is 2.65 bits per heavy atom. The van der Waals surface area contributed by atoms with Gasteiger partial charge in [0.15, 0.2) is 11.9 Å². The highest BCUT2D eigenvalue weighted by atomic mass is 16.6. The molecule has 0 aromatic carbocycles. The first-order valence-electron chi connectivity index (χ1n) is 4.68. The smallest absolute Gasteiger partial charge is 0.377 e. The maximum absolute atomic E-state index is 10.8. The quantitative estimate of drug-likeness (QED) is 0.424. The lowest BCUT2D eigenvalue weighted by molar-refractivity contribution is -0.181. The van der Waals surface area contributed by atoms with Gasteiger partial charge in [0, 0.05) is 6.42 Å². The SMILES string of the molecule is COC(=O)C(O)OCCC1OC(=O)C(O)=C1O. The lowest BCUT2D eigenvalue weighted by Gasteiger charge is -2.12. The number of hydrogen-bond acceptors (Lipinski definition) is 8. The van der Waals surface area contributed by atoms with Crippen molar-refractivity contribution in [3.63, 3.8) is 0 Å². The van der Waals surface area contributed by atoms with Crippen LogP contribution in [-0.4, -0.2) is 53.4 Å². The fourth-order valence-corrected chi connectivity index (χ4v) is 1.15. The fraction of sp³-hybridized carbons (Fsp3) is 0.556. The van der Waals surface area contributed by atoms with Gasteiger partial charge in [-0.05, 0) is 0 Å². The van der Waals surface area contributed by atoms with E-state index in [-0.39, 0.29) is 13.0 Å². The number of carbonyl (C=O) groups is 2. The molecule has 0 spiro atoms. The van der Waals surface area contributed by atoms with Crippen molar-refractivity contribution in [3.05, 3.63) is 11.5 Å². The van der Waals surface area contributed by atoms with Gasteiger partial charge in [-0.3, -0.25) is 0 Å². The van der Waals surface area contributed by atoms with E-state index in [9.17, 15) is 14.7 Å². The minimum absolute atomic E-state index is 0.0182. The van der Waals surface area contributed by atoms with Crippen LogP contribution in [0, 0.1) is 0 Å². The van der Waals surface area contributed by atoms with Crippen LogP contribution in [0.25, 0.3) is 0 Å². The first kappa shape index (κ1) is 13.3. The Hall–Kier alpha value is -1.80. The minimum atomic E-state index is -1.74. The highest BCUT2D eigenvalue weighted by Gasteiger charge is 2.34. The van der Waals surface area contributed by atoms with Gasteiger partial charge in [0.05, 0.1) is 13.7 Å². The van der Waals surface area contributed by atoms with Crippen LogP contribution >= 0.6 is 0 Å². The molecule has 1 rings (SSSR count). The van der Waals surface area contributed by atoms with Crippen molar-refractivity contribution in [2.45, 2.75) is 18.8 Å². The molecule has 0 amide bonds. The summed E-state index contributed by atoms with van der Waals surface area (Å²) in [6.07, 6.45) is -2.79. The Morgan fingerprint density at radius 1 is 1.53 bits per heavy atom. The van der Waals surface area contributed by atoms with Gasteiger partial charge in [-0.2, -0.15) is 0 Å². The van der Waals surface area contributed by atoms with E-state index in [1.54, 1.807) is 0 Å². The Morgan fingerprint density at radius 2 is 2.18 bits per heavy atom. The minimum Gasteiger partial charge on any atom is -0.505 e. The summed E-state index contributed by atoms with van der Waals surface area (Å²) in [5, 5.41) is 27.2. The molecule has 1 aliphatic heterocycles. The zero-order chi connectivity index (χ0) is 13.0. The van der Waals surface area contributed by atoms with E-state index in [0.29, 0.717) is 0 Å². The van der Waals surface area contributed by atoms with Crippen LogP contribution < -0.4 is 0 Å². The number of hydrogen-bond donors (Lipinski definition) is 3. The molecule has 0 aromatic heterocycles. The third-order valence-corrected chi connectivity index (χ3v) is 2.05. The largest absolute Gasteiger partial charge is 0.505 e. The maximum atomic E-state index is 10.8. The van der Waals surface area contributed by atoms with Gasteiger partial charge in [0.25, 0.3) is 6.29 Å². The first-order valence-corrected chi connectivity index (χ1v) is 4.68. The molecular weight excluding hydrogens is 236 g/mol. The molecule has 96 valence electrons. The summed E-state index contributed by atoms with van der Waals surface area (Å²) in [4.78, 5) is 21.5. The molecule has 1 heterocycles. The summed E-state index contributed by atoms with van der Waals surface area (Å²) in [5.41, 5.74) is 0. The Kier molecular flexibility index (Phi) is 4.30. The molecule has 0 saturated heterocycles. The standard InChI is InChI=1S/C9H12O8/c1-15-8(13)9(14)16-3-2-4-5(10)6(11)7(12)17-4/h4,9-11,14H,2-3H2,1H3. The topological polar surface area (TPSA) is 123 Å². The number of esters is 2. The van der Waals surface area contributed by atoms with Crippen LogP contribution in [0.2, 0.25) is 0 Å². The number of ether oxygens (including phenoxy) is 3. The fourth-order valence-electron chi connectivity index (χ4n) is 1.15. The predicted molar refractivity (Wildman–Crippen MR) is 50.8 cm³/mol. The van der Waals surface area contributed by atoms with Crippen molar-refractivity contribution in [1.29, 1.82) is 0 Å². The Labute approximate surface area is 96.0 Å². The number of rotatable bonds is 5. The molecule has 0 aliphatic carbocycles. The summed E-state index contributed by atoms with van der Waals surface area (Å²) in [6.45, 7) is -0.175. The van der Waals surface area contributed by atoms with Crippen molar-refractivity contribution in [1.82, 2.24) is 0 Å². The zero-order valence-electron chi connectivity index (χ0n) is 8.95. The van der Waals surface area contributed by atoms with Gasteiger partial charge in [-0.1, -0.05) is 0 Å². The van der Waals surface area contributed by atoms with E-state index in [2.05, 4.69) is 14.2 Å². The Bertz CT molecular complexity index is 347. The van der Waals surface area contributed by atoms with Crippen LogP contribution in [0.5, 0.6) is 0 Å². The summed E-state index contributed by atoms with van der Waals surface area (Å²) in [6, 6.07) is 0. The summed E-state index contributed by atoms with van der Waals surface area (Å²) in [7, 11) is 1.08. The highest BCUT2D eigenvalue weighted by Crippen LogP contribution is 2.21. The van der Waals surface area contributed by atoms with Crippen molar-refractivity contribution >= 4 is 11.9 Å². The van der Waals surface area contributed by atoms with Gasteiger partial charge in [-0.15, -0.1) is 0 Å². The molecule has 17 heavy (non-hydrogen) atoms. The second-order valence-electron chi connectivity index (χ2n) is 3.16. The van der Waals surface area contributed by atoms with Crippen molar-refractivity contribution in [2.24, 2.45) is 0 Å². The van der Waals surface area contributed by atoms with Gasteiger partial charge in [-0.25, -0.2) is 9.59 Å². The van der Waals surface area contributed by atoms with E-state index in [0.717, 1.165) is 7.11 Å². The zero-order valence-corrected chi connectivity index (χ0v) is 8.95. The molecule has 2 atom stereocenters. The molecule has 2 unspecified atom stereocenters. The monoisotopic (exact) mass is 248 g/mol. The molecule has 0 radical (unpaired) electrons. The highest BCUT2D eigenvalue weighted by molar-refractivity contribution is 5.88. The van der Waals surface area contributed by atoms with E-state index in [1.165, 1.54) is 0 Å². The van der Waals surface area contributed by atoms with Crippen LogP contribution in [0.3, 0.4) is 0 Å². The normalized spacial score (nSPS) is 21.3. The predicted octanol–water partition coefficient (Wildman–Crippen LogP) is -0.863. The number of aliphatic hydroxyl groups excluding tert-OH is 3. The summed E-state index contributed by atoms with van der Waals surface area (Å²) in [5.74, 6) is -3.42. The molecule has 0 aromatic rings. The maximum Gasteiger partial charge on any atom is 0.377 e. The number of cyclic esters (lactones) is 1.